The Bertz CT molecular complexity index is 969. The highest BCUT2D eigenvalue weighted by atomic mass is 32.1. The van der Waals surface area contributed by atoms with Gasteiger partial charge in [0.2, 0.25) is 0 Å². The van der Waals surface area contributed by atoms with Gasteiger partial charge >= 0.3 is 0 Å². The number of carboxylic acids is 1. The highest BCUT2D eigenvalue weighted by Crippen LogP contribution is 2.45. The van der Waals surface area contributed by atoms with Crippen molar-refractivity contribution in [2.24, 2.45) is 11.3 Å². The van der Waals surface area contributed by atoms with Crippen LogP contribution in [0.2, 0.25) is 0 Å². The van der Waals surface area contributed by atoms with Crippen LogP contribution in [-0.4, -0.2) is 11.9 Å². The average Bonchev–Trinajstić information content (AvgIpc) is 3.03. The molecule has 2 aromatic rings. The van der Waals surface area contributed by atoms with Gasteiger partial charge in [-0.05, 0) is 42.2 Å². The number of nitriles is 1. The van der Waals surface area contributed by atoms with E-state index in [4.69, 9.17) is 0 Å². The highest BCUT2D eigenvalue weighted by molar-refractivity contribution is 7.16. The first-order chi connectivity index (χ1) is 13.3. The Balaban J connectivity index is 1.90. The molecule has 146 valence electrons. The maximum atomic E-state index is 12.7. The zero-order chi connectivity index (χ0) is 20.5. The predicted molar refractivity (Wildman–Crippen MR) is 107 cm³/mol. The molecule has 0 saturated carbocycles. The third kappa shape index (κ3) is 3.67. The molecule has 1 aromatic heterocycles. The first kappa shape index (κ1) is 20.1. The van der Waals surface area contributed by atoms with Gasteiger partial charge in [0.15, 0.2) is 0 Å². The van der Waals surface area contributed by atoms with Crippen LogP contribution in [0.25, 0.3) is 0 Å². The van der Waals surface area contributed by atoms with Crippen molar-refractivity contribution in [3.63, 3.8) is 0 Å². The van der Waals surface area contributed by atoms with Gasteiger partial charge in [0.1, 0.15) is 11.1 Å². The lowest BCUT2D eigenvalue weighted by Crippen LogP contribution is -2.28. The molecule has 0 fully saturated rings. The maximum Gasteiger partial charge on any atom is 0.256 e. The number of hydrogen-bond acceptors (Lipinski definition) is 5. The van der Waals surface area contributed by atoms with Gasteiger partial charge < -0.3 is 15.2 Å². The molecule has 0 bridgehead atoms. The van der Waals surface area contributed by atoms with Gasteiger partial charge in [-0.1, -0.05) is 45.4 Å². The minimum atomic E-state index is -1.40. The quantitative estimate of drug-likeness (QED) is 0.834. The monoisotopic (exact) mass is 395 g/mol. The number of benzene rings is 1. The summed E-state index contributed by atoms with van der Waals surface area (Å²) in [5.74, 6) is -1.40. The molecule has 1 aliphatic rings. The van der Waals surface area contributed by atoms with Crippen molar-refractivity contribution in [2.75, 3.05) is 5.32 Å². The van der Waals surface area contributed by atoms with Gasteiger partial charge in [-0.3, -0.25) is 4.79 Å². The summed E-state index contributed by atoms with van der Waals surface area (Å²) in [5, 5.41) is 24.2. The van der Waals surface area contributed by atoms with Crippen molar-refractivity contribution >= 4 is 28.2 Å². The van der Waals surface area contributed by atoms with E-state index >= 15 is 0 Å². The number of fused-ring (bicyclic) bond motifs is 1. The molecule has 1 aromatic carbocycles. The topological polar surface area (TPSA) is 93.0 Å². The minimum Gasteiger partial charge on any atom is -0.545 e. The molecule has 1 amide bonds. The molecular formula is C22H23N2O3S-. The van der Waals surface area contributed by atoms with Crippen molar-refractivity contribution in [1.29, 1.82) is 5.26 Å². The Kier molecular flexibility index (Phi) is 5.57. The Morgan fingerprint density at radius 3 is 2.61 bits per heavy atom. The van der Waals surface area contributed by atoms with Crippen molar-refractivity contribution in [3.8, 4) is 6.07 Å². The Morgan fingerprint density at radius 1 is 1.32 bits per heavy atom. The van der Waals surface area contributed by atoms with Crippen LogP contribution in [0.3, 0.4) is 0 Å². The summed E-state index contributed by atoms with van der Waals surface area (Å²) < 4.78 is 0. The summed E-state index contributed by atoms with van der Waals surface area (Å²) in [6, 6.07) is 8.16. The third-order valence-electron chi connectivity index (χ3n) is 6.01. The fourth-order valence-corrected chi connectivity index (χ4v) is 5.05. The molecule has 0 spiro atoms. The fourth-order valence-electron chi connectivity index (χ4n) is 3.78. The number of amides is 1. The van der Waals surface area contributed by atoms with Crippen LogP contribution in [0.4, 0.5) is 5.00 Å². The third-order valence-corrected chi connectivity index (χ3v) is 7.18. The van der Waals surface area contributed by atoms with Crippen LogP contribution in [0.5, 0.6) is 0 Å². The Labute approximate surface area is 169 Å². The number of carboxylic acid groups (broad SMARTS) is 1. The van der Waals surface area contributed by atoms with Gasteiger partial charge in [-0.15, -0.1) is 11.3 Å². The van der Waals surface area contributed by atoms with E-state index in [-0.39, 0.29) is 16.5 Å². The van der Waals surface area contributed by atoms with E-state index in [2.05, 4.69) is 32.2 Å². The van der Waals surface area contributed by atoms with Crippen molar-refractivity contribution in [1.82, 2.24) is 0 Å². The number of nitrogens with one attached hydrogen (secondary N) is 1. The molecule has 1 aliphatic carbocycles. The summed E-state index contributed by atoms with van der Waals surface area (Å²) in [5.41, 5.74) is 1.63. The molecular weight excluding hydrogens is 372 g/mol. The van der Waals surface area contributed by atoms with E-state index in [0.717, 1.165) is 36.1 Å². The molecule has 0 unspecified atom stereocenters. The summed E-state index contributed by atoms with van der Waals surface area (Å²) >= 11 is 1.44. The summed E-state index contributed by atoms with van der Waals surface area (Å²) in [7, 11) is 0. The SMILES string of the molecule is CCC(C)(C)[C@H]1CCc2c(sc(NC(=O)c3ccccc3C(=O)[O-])c2C#N)C1. The summed E-state index contributed by atoms with van der Waals surface area (Å²) in [6.07, 6.45) is 3.85. The normalized spacial score (nSPS) is 16.1. The van der Waals surface area contributed by atoms with E-state index in [1.807, 2.05) is 0 Å². The molecule has 1 N–H and O–H groups in total. The number of carbonyl (C=O) groups excluding carboxylic acids is 2. The second-order valence-electron chi connectivity index (χ2n) is 7.89. The van der Waals surface area contributed by atoms with E-state index < -0.39 is 11.9 Å². The van der Waals surface area contributed by atoms with E-state index in [1.165, 1.54) is 23.5 Å². The van der Waals surface area contributed by atoms with Crippen LogP contribution in [0.1, 0.15) is 70.3 Å². The summed E-state index contributed by atoms with van der Waals surface area (Å²) in [4.78, 5) is 25.1. The zero-order valence-electron chi connectivity index (χ0n) is 16.3. The molecule has 3 rings (SSSR count). The number of rotatable bonds is 5. The Hall–Kier alpha value is -2.65. The van der Waals surface area contributed by atoms with E-state index in [0.29, 0.717) is 16.5 Å². The minimum absolute atomic E-state index is 0.0303. The number of anilines is 1. The largest absolute Gasteiger partial charge is 0.545 e. The van der Waals surface area contributed by atoms with Crippen LogP contribution in [-0.2, 0) is 12.8 Å². The van der Waals surface area contributed by atoms with E-state index in [9.17, 15) is 20.0 Å². The van der Waals surface area contributed by atoms with Crippen molar-refractivity contribution in [3.05, 3.63) is 51.4 Å². The molecule has 1 atom stereocenters. The van der Waals surface area contributed by atoms with Crippen LogP contribution < -0.4 is 10.4 Å². The van der Waals surface area contributed by atoms with Crippen LogP contribution in [0.15, 0.2) is 24.3 Å². The van der Waals surface area contributed by atoms with E-state index in [1.54, 1.807) is 12.1 Å². The predicted octanol–water partition coefficient (Wildman–Crippen LogP) is 3.78. The van der Waals surface area contributed by atoms with Crippen molar-refractivity contribution in [2.45, 2.75) is 46.5 Å². The number of aromatic carboxylic acids is 1. The Morgan fingerprint density at radius 2 is 2.00 bits per heavy atom. The van der Waals surface area contributed by atoms with Crippen molar-refractivity contribution < 1.29 is 14.7 Å². The fraction of sp³-hybridized carbons (Fsp3) is 0.409. The summed E-state index contributed by atoms with van der Waals surface area (Å²) in [6.45, 7) is 6.76. The molecule has 28 heavy (non-hydrogen) atoms. The van der Waals surface area contributed by atoms with Gasteiger partial charge in [0, 0.05) is 16.0 Å². The molecule has 0 aliphatic heterocycles. The van der Waals surface area contributed by atoms with Gasteiger partial charge in [0.25, 0.3) is 5.91 Å². The lowest BCUT2D eigenvalue weighted by molar-refractivity contribution is -0.255. The highest BCUT2D eigenvalue weighted by Gasteiger charge is 2.34. The maximum absolute atomic E-state index is 12.7. The zero-order valence-corrected chi connectivity index (χ0v) is 17.1. The number of nitrogens with zero attached hydrogens (tertiary/aromatic N) is 1. The second kappa shape index (κ2) is 7.76. The van der Waals surface area contributed by atoms with Gasteiger partial charge in [0.05, 0.1) is 11.5 Å². The lowest BCUT2D eigenvalue weighted by Gasteiger charge is -2.36. The molecule has 5 nitrogen and oxygen atoms in total. The molecule has 1 heterocycles. The number of thiophene rings is 1. The lowest BCUT2D eigenvalue weighted by atomic mass is 9.69. The van der Waals surface area contributed by atoms with Gasteiger partial charge in [-0.25, -0.2) is 0 Å². The molecule has 0 saturated heterocycles. The smallest absolute Gasteiger partial charge is 0.256 e. The van der Waals surface area contributed by atoms with Crippen LogP contribution in [0, 0.1) is 22.7 Å². The van der Waals surface area contributed by atoms with Gasteiger partial charge in [-0.2, -0.15) is 5.26 Å². The molecule has 6 heteroatoms. The number of hydrogen-bond donors (Lipinski definition) is 1. The second-order valence-corrected chi connectivity index (χ2v) is 8.99. The average molecular weight is 396 g/mol. The standard InChI is InChI=1S/C22H24N2O3S/c1-4-22(2,3)13-9-10-14-17(12-23)20(28-18(14)11-13)24-19(25)15-7-5-6-8-16(15)21(26)27/h5-8,13H,4,9-11H2,1-3H3,(H,24,25)(H,26,27)/p-1/t13-/m0/s1. The first-order valence-electron chi connectivity index (χ1n) is 9.44. The first-order valence-corrected chi connectivity index (χ1v) is 10.3. The number of carbonyl (C=O) groups is 2. The molecule has 0 radical (unpaired) electrons. The van der Waals surface area contributed by atoms with Crippen LogP contribution >= 0.6 is 11.3 Å².